The van der Waals surface area contributed by atoms with Crippen molar-refractivity contribution >= 4 is 17.7 Å². The van der Waals surface area contributed by atoms with Crippen LogP contribution in [0.1, 0.15) is 67.2 Å². The van der Waals surface area contributed by atoms with Crippen LogP contribution < -0.4 is 0 Å². The van der Waals surface area contributed by atoms with E-state index in [2.05, 4.69) is 0 Å². The third-order valence-corrected chi connectivity index (χ3v) is 10.4. The predicted molar refractivity (Wildman–Crippen MR) is 131 cm³/mol. The Kier molecular flexibility index (Phi) is 6.07. The number of rotatable bonds is 7. The van der Waals surface area contributed by atoms with Gasteiger partial charge in [-0.15, -0.1) is 0 Å². The Morgan fingerprint density at radius 2 is 1.71 bits per heavy atom. The zero-order valence-corrected chi connectivity index (χ0v) is 22.9. The van der Waals surface area contributed by atoms with E-state index in [1.807, 2.05) is 27.7 Å². The molecule has 0 aromatic carbocycles. The number of epoxide rings is 1. The standard InChI is InChI=1S/C28H40O10/c1-7-9-16(30)36-21-14(4)26(34)15-11-13(3)20(32)27(15,35)23(33)25(12-29)22(38-25)18(26)19-24(5,6)28(19,21)37-17(31)10-8-2/h11,14-15,18-19,21-23,29,33-35H,7-10,12H2,1-6H3/t14-,15+,18-,19+,21?,22?,23?,25?,26?,27?,28?/m1/s1. The molecule has 38 heavy (non-hydrogen) atoms. The van der Waals surface area contributed by atoms with E-state index >= 15 is 0 Å². The summed E-state index contributed by atoms with van der Waals surface area (Å²) in [5.41, 5.74) is -8.00. The number of ketones is 1. The van der Waals surface area contributed by atoms with Crippen molar-refractivity contribution in [3.63, 3.8) is 0 Å². The van der Waals surface area contributed by atoms with Gasteiger partial charge >= 0.3 is 11.9 Å². The number of esters is 2. The van der Waals surface area contributed by atoms with Crippen LogP contribution in [0.25, 0.3) is 0 Å². The van der Waals surface area contributed by atoms with E-state index in [9.17, 15) is 34.8 Å². The molecule has 0 amide bonds. The van der Waals surface area contributed by atoms with Gasteiger partial charge in [-0.1, -0.05) is 40.7 Å². The van der Waals surface area contributed by atoms with Crippen LogP contribution in [0.4, 0.5) is 0 Å². The molecule has 3 saturated carbocycles. The molecule has 11 atom stereocenters. The summed E-state index contributed by atoms with van der Waals surface area (Å²) < 4.78 is 18.2. The molecule has 10 heteroatoms. The monoisotopic (exact) mass is 536 g/mol. The van der Waals surface area contributed by atoms with Gasteiger partial charge in [-0.3, -0.25) is 14.4 Å². The van der Waals surface area contributed by atoms with Crippen molar-refractivity contribution in [3.05, 3.63) is 11.6 Å². The number of fused-ring (bicyclic) bond motifs is 7. The van der Waals surface area contributed by atoms with Gasteiger partial charge in [0.15, 0.2) is 17.0 Å². The maximum Gasteiger partial charge on any atom is 0.306 e. The Bertz CT molecular complexity index is 1100. The van der Waals surface area contributed by atoms with Crippen molar-refractivity contribution in [1.82, 2.24) is 0 Å². The second kappa shape index (κ2) is 8.33. The highest BCUT2D eigenvalue weighted by molar-refractivity contribution is 6.05. The van der Waals surface area contributed by atoms with Gasteiger partial charge < -0.3 is 34.6 Å². The molecule has 1 heterocycles. The summed E-state index contributed by atoms with van der Waals surface area (Å²) in [7, 11) is 0. The maximum absolute atomic E-state index is 13.3. The van der Waals surface area contributed by atoms with E-state index in [0.717, 1.165) is 0 Å². The molecule has 5 aliphatic rings. The molecule has 4 aliphatic carbocycles. The Hall–Kier alpha value is -1.85. The molecule has 0 radical (unpaired) electrons. The molecule has 10 nitrogen and oxygen atoms in total. The number of carbonyl (C=O) groups is 3. The van der Waals surface area contributed by atoms with Crippen molar-refractivity contribution in [2.45, 2.75) is 108 Å². The second-order valence-corrected chi connectivity index (χ2v) is 12.6. The van der Waals surface area contributed by atoms with E-state index in [0.29, 0.717) is 12.8 Å². The highest BCUT2D eigenvalue weighted by Crippen LogP contribution is 2.79. The van der Waals surface area contributed by atoms with Crippen LogP contribution >= 0.6 is 0 Å². The van der Waals surface area contributed by atoms with Crippen molar-refractivity contribution < 1.29 is 49.0 Å². The second-order valence-electron chi connectivity index (χ2n) is 12.6. The van der Waals surface area contributed by atoms with Gasteiger partial charge in [0, 0.05) is 41.9 Å². The van der Waals surface area contributed by atoms with Gasteiger partial charge in [0.2, 0.25) is 0 Å². The third-order valence-electron chi connectivity index (χ3n) is 10.4. The number of hydrogen-bond donors (Lipinski definition) is 4. The number of carbonyl (C=O) groups excluding carboxylic acids is 3. The normalized spacial score (nSPS) is 49.5. The van der Waals surface area contributed by atoms with Crippen LogP contribution in [0.15, 0.2) is 11.6 Å². The molecule has 1 saturated heterocycles. The fourth-order valence-electron chi connectivity index (χ4n) is 8.52. The molecule has 7 unspecified atom stereocenters. The van der Waals surface area contributed by atoms with Gasteiger partial charge in [0.25, 0.3) is 0 Å². The molecule has 0 aromatic heterocycles. The van der Waals surface area contributed by atoms with Crippen LogP contribution in [-0.2, 0) is 28.6 Å². The molecular formula is C28H40O10. The predicted octanol–water partition coefficient (Wildman–Crippen LogP) is 0.814. The quantitative estimate of drug-likeness (QED) is 0.270. The topological polar surface area (TPSA) is 163 Å². The van der Waals surface area contributed by atoms with Gasteiger partial charge in [-0.25, -0.2) is 0 Å². The summed E-state index contributed by atoms with van der Waals surface area (Å²) in [4.78, 5) is 39.2. The van der Waals surface area contributed by atoms with Gasteiger partial charge in [0.05, 0.1) is 18.3 Å². The number of hydrogen-bond acceptors (Lipinski definition) is 10. The lowest BCUT2D eigenvalue weighted by atomic mass is 9.58. The lowest BCUT2D eigenvalue weighted by molar-refractivity contribution is -0.245. The molecule has 1 aliphatic heterocycles. The largest absolute Gasteiger partial charge is 0.458 e. The van der Waals surface area contributed by atoms with Crippen molar-refractivity contribution in [3.8, 4) is 0 Å². The Labute approximate surface area is 222 Å². The SMILES string of the molecule is CCCC(=O)OC1[C@@H](C)C2(O)[C@@H]3C=C(C)C(=O)C3(O)C(O)C3(CO)OC3[C@H]2[C@H]2C(C)(C)C12OC(=O)CCC. The molecular weight excluding hydrogens is 496 g/mol. The average molecular weight is 537 g/mol. The number of aliphatic hydroxyl groups excluding tert-OH is 2. The zero-order valence-electron chi connectivity index (χ0n) is 22.9. The fraction of sp³-hybridized carbons (Fsp3) is 0.821. The first kappa shape index (κ1) is 27.7. The smallest absolute Gasteiger partial charge is 0.306 e. The van der Waals surface area contributed by atoms with E-state index in [4.69, 9.17) is 14.2 Å². The van der Waals surface area contributed by atoms with Crippen LogP contribution in [0.5, 0.6) is 0 Å². The van der Waals surface area contributed by atoms with E-state index in [1.54, 1.807) is 6.92 Å². The molecule has 212 valence electrons. The summed E-state index contributed by atoms with van der Waals surface area (Å²) in [5, 5.41) is 46.5. The Balaban J connectivity index is 1.72. The summed E-state index contributed by atoms with van der Waals surface area (Å²) in [6.45, 7) is 9.89. The minimum atomic E-state index is -2.46. The Morgan fingerprint density at radius 3 is 2.29 bits per heavy atom. The van der Waals surface area contributed by atoms with Gasteiger partial charge in [0.1, 0.15) is 17.8 Å². The lowest BCUT2D eigenvalue weighted by Gasteiger charge is -2.53. The molecule has 0 bridgehead atoms. The first-order valence-electron chi connectivity index (χ1n) is 13.7. The minimum absolute atomic E-state index is 0.123. The lowest BCUT2D eigenvalue weighted by Crippen LogP contribution is -2.69. The van der Waals surface area contributed by atoms with Crippen LogP contribution in [0.3, 0.4) is 0 Å². The fourth-order valence-corrected chi connectivity index (χ4v) is 8.52. The average Bonchev–Trinajstić information content (AvgIpc) is 3.67. The number of ether oxygens (including phenoxy) is 3. The summed E-state index contributed by atoms with van der Waals surface area (Å²) in [6, 6.07) is 0. The van der Waals surface area contributed by atoms with Gasteiger partial charge in [-0.2, -0.15) is 0 Å². The molecule has 5 rings (SSSR count). The van der Waals surface area contributed by atoms with Crippen molar-refractivity contribution in [2.75, 3.05) is 6.61 Å². The molecule has 4 fully saturated rings. The van der Waals surface area contributed by atoms with Crippen molar-refractivity contribution in [2.24, 2.45) is 29.1 Å². The zero-order chi connectivity index (χ0) is 28.2. The van der Waals surface area contributed by atoms with Crippen LogP contribution in [0.2, 0.25) is 0 Å². The molecule has 0 aromatic rings. The molecule has 4 N–H and O–H groups in total. The maximum atomic E-state index is 13.3. The van der Waals surface area contributed by atoms with Crippen molar-refractivity contribution in [1.29, 1.82) is 0 Å². The van der Waals surface area contributed by atoms with Gasteiger partial charge in [-0.05, 0) is 25.3 Å². The summed E-state index contributed by atoms with van der Waals surface area (Å²) in [6.07, 6.45) is -1.01. The number of Topliss-reactive ketones (excluding diaryl/α,β-unsaturated/α-hetero) is 1. The first-order chi connectivity index (χ1) is 17.7. The van der Waals surface area contributed by atoms with E-state index in [1.165, 1.54) is 13.0 Å². The molecule has 0 spiro atoms. The van der Waals surface area contributed by atoms with E-state index in [-0.39, 0.29) is 18.4 Å². The third kappa shape index (κ3) is 2.98. The first-order valence-corrected chi connectivity index (χ1v) is 13.7. The summed E-state index contributed by atoms with van der Waals surface area (Å²) in [5.74, 6) is -5.42. The summed E-state index contributed by atoms with van der Waals surface area (Å²) >= 11 is 0. The van der Waals surface area contributed by atoms with E-state index < -0.39 is 94.1 Å². The highest BCUT2D eigenvalue weighted by Gasteiger charge is 2.93. The number of aliphatic hydroxyl groups is 4. The highest BCUT2D eigenvalue weighted by atomic mass is 16.6. The minimum Gasteiger partial charge on any atom is -0.458 e. The van der Waals surface area contributed by atoms with Crippen LogP contribution in [-0.4, -0.2) is 85.5 Å². The Morgan fingerprint density at radius 1 is 1.11 bits per heavy atom. The van der Waals surface area contributed by atoms with Crippen LogP contribution in [0, 0.1) is 29.1 Å².